The summed E-state index contributed by atoms with van der Waals surface area (Å²) in [5.41, 5.74) is -0.240. The summed E-state index contributed by atoms with van der Waals surface area (Å²) in [6, 6.07) is 11.1. The van der Waals surface area contributed by atoms with Gasteiger partial charge in [-0.25, -0.2) is 4.98 Å². The fourth-order valence-corrected chi connectivity index (χ4v) is 3.71. The number of fused-ring (bicyclic) bond motifs is 1. The molecule has 1 aromatic heterocycles. The van der Waals surface area contributed by atoms with Gasteiger partial charge in [-0.2, -0.15) is 13.2 Å². The number of rotatable bonds is 2. The van der Waals surface area contributed by atoms with E-state index in [1.165, 1.54) is 18.2 Å². The second-order valence-corrected chi connectivity index (χ2v) is 6.91. The number of halogens is 5. The number of allylic oxidation sites excluding steroid dienone is 1. The van der Waals surface area contributed by atoms with Crippen LogP contribution in [0.5, 0.6) is 0 Å². The summed E-state index contributed by atoms with van der Waals surface area (Å²) in [7, 11) is 0. The number of benzene rings is 2. The van der Waals surface area contributed by atoms with Crippen LogP contribution in [0.25, 0.3) is 16.6 Å². The maximum Gasteiger partial charge on any atom is 0.411 e. The van der Waals surface area contributed by atoms with Gasteiger partial charge < -0.3 is 0 Å². The van der Waals surface area contributed by atoms with Crippen molar-refractivity contribution in [3.05, 3.63) is 79.7 Å². The Hall–Kier alpha value is -1.93. The molecule has 0 spiro atoms. The molecule has 0 radical (unpaired) electrons. The van der Waals surface area contributed by atoms with Gasteiger partial charge in [0.25, 0.3) is 5.56 Å². The highest BCUT2D eigenvalue weighted by Crippen LogP contribution is 2.27. The number of hydrogen-bond acceptors (Lipinski definition) is 2. The van der Waals surface area contributed by atoms with E-state index in [4.69, 9.17) is 0 Å². The number of hydrogen-bond donors (Lipinski definition) is 0. The minimum absolute atomic E-state index is 0.101. The van der Waals surface area contributed by atoms with Crippen molar-refractivity contribution < 1.29 is 13.2 Å². The molecule has 0 fully saturated rings. The minimum atomic E-state index is -4.59. The van der Waals surface area contributed by atoms with Crippen LogP contribution in [0.3, 0.4) is 0 Å². The lowest BCUT2D eigenvalue weighted by Crippen LogP contribution is -2.22. The normalized spacial score (nSPS) is 12.6. The Morgan fingerprint density at radius 2 is 1.80 bits per heavy atom. The van der Waals surface area contributed by atoms with Crippen molar-refractivity contribution in [2.45, 2.75) is 6.18 Å². The molecule has 0 aliphatic heterocycles. The molecule has 0 aliphatic carbocycles. The summed E-state index contributed by atoms with van der Waals surface area (Å²) in [6.45, 7) is 0. The van der Waals surface area contributed by atoms with E-state index in [0.717, 1.165) is 10.9 Å². The van der Waals surface area contributed by atoms with Gasteiger partial charge in [-0.1, -0.05) is 46.3 Å². The van der Waals surface area contributed by atoms with Crippen molar-refractivity contribution in [3.63, 3.8) is 0 Å². The molecule has 3 nitrogen and oxygen atoms in total. The van der Waals surface area contributed by atoms with Crippen molar-refractivity contribution in [1.82, 2.24) is 9.55 Å². The van der Waals surface area contributed by atoms with Gasteiger partial charge >= 0.3 is 6.18 Å². The van der Waals surface area contributed by atoms with E-state index >= 15 is 0 Å². The third kappa shape index (κ3) is 3.85. The number of alkyl halides is 3. The van der Waals surface area contributed by atoms with Gasteiger partial charge in [-0.3, -0.25) is 9.36 Å². The molecule has 0 saturated heterocycles. The van der Waals surface area contributed by atoms with Crippen LogP contribution >= 0.6 is 31.9 Å². The molecule has 8 heteroatoms. The van der Waals surface area contributed by atoms with Gasteiger partial charge in [-0.15, -0.1) is 0 Å². The maximum absolute atomic E-state index is 13.0. The SMILES string of the molecule is O=c1c2cc(Br)cc(Br)c2ncn1/C(=C\C(F)(F)F)c1ccccc1. The average Bonchev–Trinajstić information content (AvgIpc) is 2.54. The van der Waals surface area contributed by atoms with Crippen molar-refractivity contribution in [1.29, 1.82) is 0 Å². The quantitative estimate of drug-likeness (QED) is 0.501. The monoisotopic (exact) mass is 472 g/mol. The Labute approximate surface area is 157 Å². The highest BCUT2D eigenvalue weighted by molar-refractivity contribution is 9.11. The molecular weight excluding hydrogens is 465 g/mol. The molecule has 1 heterocycles. The molecule has 2 aromatic carbocycles. The average molecular weight is 474 g/mol. The fraction of sp³-hybridized carbons (Fsp3) is 0.0588. The van der Waals surface area contributed by atoms with Crippen molar-refractivity contribution in [2.75, 3.05) is 0 Å². The molecule has 0 N–H and O–H groups in total. The first-order valence-corrected chi connectivity index (χ1v) is 8.56. The summed E-state index contributed by atoms with van der Waals surface area (Å²) in [5.74, 6) is 0. The fourth-order valence-electron chi connectivity index (χ4n) is 2.39. The van der Waals surface area contributed by atoms with E-state index in [9.17, 15) is 18.0 Å². The van der Waals surface area contributed by atoms with Gasteiger partial charge in [0.2, 0.25) is 0 Å². The molecular formula is C17H9Br2F3N2O. The first kappa shape index (κ1) is 17.9. The lowest BCUT2D eigenvalue weighted by molar-refractivity contribution is -0.0795. The first-order valence-electron chi connectivity index (χ1n) is 6.98. The smallest absolute Gasteiger partial charge is 0.268 e. The highest BCUT2D eigenvalue weighted by atomic mass is 79.9. The minimum Gasteiger partial charge on any atom is -0.268 e. The summed E-state index contributed by atoms with van der Waals surface area (Å²) < 4.78 is 41.2. The van der Waals surface area contributed by atoms with E-state index in [1.807, 2.05) is 0 Å². The zero-order valence-corrected chi connectivity index (χ0v) is 15.6. The van der Waals surface area contributed by atoms with Crippen molar-refractivity contribution in [2.24, 2.45) is 0 Å². The topological polar surface area (TPSA) is 34.9 Å². The molecule has 25 heavy (non-hydrogen) atoms. The molecule has 3 rings (SSSR count). The Kier molecular flexibility index (Phi) is 4.83. The molecule has 0 unspecified atom stereocenters. The molecule has 0 atom stereocenters. The molecule has 0 saturated carbocycles. The van der Waals surface area contributed by atoms with Crippen LogP contribution in [0, 0.1) is 0 Å². The van der Waals surface area contributed by atoms with Crippen LogP contribution in [-0.4, -0.2) is 15.7 Å². The third-order valence-corrected chi connectivity index (χ3v) is 4.47. The standard InChI is InChI=1S/C17H9Br2F3N2O/c18-11-6-12-15(13(19)7-11)23-9-24(16(12)25)14(8-17(20,21)22)10-4-2-1-3-5-10/h1-9H/b14-8-. The Morgan fingerprint density at radius 1 is 1.12 bits per heavy atom. The van der Waals surface area contributed by atoms with Crippen LogP contribution in [0.2, 0.25) is 0 Å². The Morgan fingerprint density at radius 3 is 2.44 bits per heavy atom. The predicted octanol–water partition coefficient (Wildman–Crippen LogP) is 5.37. The summed E-state index contributed by atoms with van der Waals surface area (Å²) in [6.07, 6.45) is -3.38. The lowest BCUT2D eigenvalue weighted by Gasteiger charge is -2.13. The lowest BCUT2D eigenvalue weighted by atomic mass is 10.1. The van der Waals surface area contributed by atoms with Gasteiger partial charge in [0.1, 0.15) is 6.33 Å². The molecule has 128 valence electrons. The number of aromatic nitrogens is 2. The second-order valence-electron chi connectivity index (χ2n) is 5.14. The van der Waals surface area contributed by atoms with Crippen LogP contribution in [0.1, 0.15) is 5.56 Å². The molecule has 0 bridgehead atoms. The van der Waals surface area contributed by atoms with Gasteiger partial charge in [-0.05, 0) is 33.6 Å². The van der Waals surface area contributed by atoms with E-state index in [-0.39, 0.29) is 22.7 Å². The molecule has 0 aliphatic rings. The van der Waals surface area contributed by atoms with E-state index in [1.54, 1.807) is 24.3 Å². The number of nitrogens with zero attached hydrogens (tertiary/aromatic N) is 2. The molecule has 3 aromatic rings. The Balaban J connectivity index is 2.33. The van der Waals surface area contributed by atoms with Crippen LogP contribution in [-0.2, 0) is 0 Å². The molecule has 0 amide bonds. The Bertz CT molecular complexity index is 1030. The van der Waals surface area contributed by atoms with Gasteiger partial charge in [0.05, 0.1) is 16.6 Å². The largest absolute Gasteiger partial charge is 0.411 e. The predicted molar refractivity (Wildman–Crippen MR) is 97.3 cm³/mol. The highest BCUT2D eigenvalue weighted by Gasteiger charge is 2.26. The van der Waals surface area contributed by atoms with Crippen LogP contribution < -0.4 is 5.56 Å². The van der Waals surface area contributed by atoms with E-state index in [2.05, 4.69) is 36.8 Å². The van der Waals surface area contributed by atoms with Gasteiger partial charge in [0, 0.05) is 15.0 Å². The summed E-state index contributed by atoms with van der Waals surface area (Å²) in [4.78, 5) is 17.0. The van der Waals surface area contributed by atoms with E-state index in [0.29, 0.717) is 14.5 Å². The zero-order chi connectivity index (χ0) is 18.2. The summed E-state index contributed by atoms with van der Waals surface area (Å²) in [5, 5.41) is 0.202. The van der Waals surface area contributed by atoms with Crippen molar-refractivity contribution >= 4 is 48.5 Å². The van der Waals surface area contributed by atoms with Gasteiger partial charge in [0.15, 0.2) is 0 Å². The van der Waals surface area contributed by atoms with Crippen LogP contribution in [0.4, 0.5) is 13.2 Å². The second kappa shape index (κ2) is 6.76. The maximum atomic E-state index is 13.0. The summed E-state index contributed by atoms with van der Waals surface area (Å²) >= 11 is 6.57. The zero-order valence-electron chi connectivity index (χ0n) is 12.4. The van der Waals surface area contributed by atoms with Crippen molar-refractivity contribution in [3.8, 4) is 0 Å². The van der Waals surface area contributed by atoms with Crippen LogP contribution in [0.15, 0.2) is 68.6 Å². The third-order valence-electron chi connectivity index (χ3n) is 3.41. The van der Waals surface area contributed by atoms with E-state index < -0.39 is 11.7 Å². The first-order chi connectivity index (χ1) is 11.8.